The van der Waals surface area contributed by atoms with Crippen molar-refractivity contribution in [2.75, 3.05) is 17.7 Å². The van der Waals surface area contributed by atoms with Crippen molar-refractivity contribution in [3.8, 4) is 5.75 Å². The summed E-state index contributed by atoms with van der Waals surface area (Å²) in [6.45, 7) is 12.4. The van der Waals surface area contributed by atoms with Gasteiger partial charge >= 0.3 is 5.97 Å². The summed E-state index contributed by atoms with van der Waals surface area (Å²) in [5, 5.41) is 12.3. The Morgan fingerprint density at radius 3 is 2.62 bits per heavy atom. The van der Waals surface area contributed by atoms with Crippen LogP contribution < -0.4 is 10.1 Å². The van der Waals surface area contributed by atoms with Gasteiger partial charge in [0.1, 0.15) is 10.6 Å². The monoisotopic (exact) mass is 503 g/mol. The van der Waals surface area contributed by atoms with Crippen LogP contribution in [0.15, 0.2) is 23.4 Å². The number of rotatable bonds is 10. The normalized spacial score (nSPS) is 11.8. The molecule has 1 atom stereocenters. The molecule has 182 valence electrons. The molecule has 0 radical (unpaired) electrons. The molecule has 0 aliphatic carbocycles. The Hall–Kier alpha value is -2.92. The number of thioether (sulfide) groups is 1. The third kappa shape index (κ3) is 6.15. The van der Waals surface area contributed by atoms with E-state index in [1.165, 1.54) is 17.3 Å². The van der Waals surface area contributed by atoms with Crippen molar-refractivity contribution in [3.63, 3.8) is 0 Å². The molecule has 0 bridgehead atoms. The van der Waals surface area contributed by atoms with Gasteiger partial charge in [0.15, 0.2) is 22.2 Å². The van der Waals surface area contributed by atoms with Gasteiger partial charge in [0.2, 0.25) is 5.91 Å². The number of anilines is 1. The van der Waals surface area contributed by atoms with Crippen LogP contribution in [0.3, 0.4) is 0 Å². The molecule has 1 unspecified atom stereocenters. The third-order valence-corrected chi connectivity index (χ3v) is 7.07. The number of carbonyl (C=O) groups is 2. The molecule has 9 nitrogen and oxygen atoms in total. The van der Waals surface area contributed by atoms with E-state index < -0.39 is 5.97 Å². The number of hydrogen-bond donors (Lipinski definition) is 1. The lowest BCUT2D eigenvalue weighted by atomic mass is 10.1. The van der Waals surface area contributed by atoms with Gasteiger partial charge in [0, 0.05) is 6.54 Å². The molecule has 3 rings (SSSR count). The van der Waals surface area contributed by atoms with Gasteiger partial charge in [0.25, 0.3) is 0 Å². The van der Waals surface area contributed by atoms with E-state index in [4.69, 9.17) is 9.47 Å². The van der Waals surface area contributed by atoms with Gasteiger partial charge in [-0.2, -0.15) is 0 Å². The maximum Gasteiger partial charge on any atom is 0.350 e. The van der Waals surface area contributed by atoms with E-state index in [1.54, 1.807) is 13.8 Å². The zero-order valence-corrected chi connectivity index (χ0v) is 21.8. The van der Waals surface area contributed by atoms with E-state index in [0.29, 0.717) is 33.2 Å². The SMILES string of the molecule is CCOC(=O)c1sc(NC(=O)CSc2nnc(C(C)Oc3ccc(C)c(C)c3)n2CC)nc1C. The van der Waals surface area contributed by atoms with Crippen molar-refractivity contribution in [3.05, 3.63) is 45.7 Å². The fourth-order valence-electron chi connectivity index (χ4n) is 3.17. The van der Waals surface area contributed by atoms with Gasteiger partial charge in [-0.05, 0) is 64.8 Å². The number of esters is 1. The van der Waals surface area contributed by atoms with E-state index in [1.807, 2.05) is 43.5 Å². The first-order valence-corrected chi connectivity index (χ1v) is 12.8. The summed E-state index contributed by atoms with van der Waals surface area (Å²) in [6, 6.07) is 5.98. The van der Waals surface area contributed by atoms with Crippen molar-refractivity contribution in [1.29, 1.82) is 0 Å². The number of nitrogens with one attached hydrogen (secondary N) is 1. The average molecular weight is 504 g/mol. The molecule has 1 amide bonds. The minimum absolute atomic E-state index is 0.123. The lowest BCUT2D eigenvalue weighted by Gasteiger charge is -2.16. The van der Waals surface area contributed by atoms with Crippen molar-refractivity contribution in [2.45, 2.75) is 59.3 Å². The minimum atomic E-state index is -0.437. The molecule has 0 fully saturated rings. The molecule has 0 aliphatic heterocycles. The van der Waals surface area contributed by atoms with Gasteiger partial charge < -0.3 is 19.4 Å². The van der Waals surface area contributed by atoms with Gasteiger partial charge in [-0.25, -0.2) is 9.78 Å². The fraction of sp³-hybridized carbons (Fsp3) is 0.435. The van der Waals surface area contributed by atoms with Crippen LogP contribution in [0.5, 0.6) is 5.75 Å². The number of aryl methyl sites for hydroxylation is 3. The predicted molar refractivity (Wildman–Crippen MR) is 133 cm³/mol. The fourth-order valence-corrected chi connectivity index (χ4v) is 4.86. The molecule has 0 aliphatic rings. The highest BCUT2D eigenvalue weighted by Crippen LogP contribution is 2.27. The molecule has 34 heavy (non-hydrogen) atoms. The first-order valence-electron chi connectivity index (χ1n) is 11.0. The highest BCUT2D eigenvalue weighted by atomic mass is 32.2. The molecule has 11 heteroatoms. The molecule has 0 saturated carbocycles. The molecule has 2 heterocycles. The lowest BCUT2D eigenvalue weighted by Crippen LogP contribution is -2.15. The summed E-state index contributed by atoms with van der Waals surface area (Å²) < 4.78 is 13.0. The summed E-state index contributed by atoms with van der Waals surface area (Å²) in [5.41, 5.74) is 2.90. The van der Waals surface area contributed by atoms with Gasteiger partial charge in [-0.1, -0.05) is 29.2 Å². The third-order valence-electron chi connectivity index (χ3n) is 5.05. The number of benzene rings is 1. The Labute approximate surface area is 207 Å². The second-order valence-corrected chi connectivity index (χ2v) is 9.52. The Kier molecular flexibility index (Phi) is 8.67. The summed E-state index contributed by atoms with van der Waals surface area (Å²) >= 11 is 2.38. The van der Waals surface area contributed by atoms with Crippen molar-refractivity contribution < 1.29 is 19.1 Å². The van der Waals surface area contributed by atoms with E-state index in [0.717, 1.165) is 22.6 Å². The standard InChI is InChI=1S/C23H29N5O4S2/c1-7-28-20(16(6)32-17-10-9-13(3)14(4)11-17)26-27-23(28)33-12-18(29)25-22-24-15(5)19(34-22)21(30)31-8-2/h9-11,16H,7-8,12H2,1-6H3,(H,24,25,29). The van der Waals surface area contributed by atoms with E-state index >= 15 is 0 Å². The number of thiazole rings is 1. The number of ether oxygens (including phenoxy) is 2. The molecular formula is C23H29N5O4S2. The summed E-state index contributed by atoms with van der Waals surface area (Å²) in [6.07, 6.45) is -0.308. The topological polar surface area (TPSA) is 108 Å². The Balaban J connectivity index is 1.62. The maximum atomic E-state index is 12.5. The largest absolute Gasteiger partial charge is 0.483 e. The summed E-state index contributed by atoms with van der Waals surface area (Å²) in [5.74, 6) is 0.903. The van der Waals surface area contributed by atoms with Crippen LogP contribution in [0.1, 0.15) is 59.2 Å². The van der Waals surface area contributed by atoms with Crippen LogP contribution in [-0.2, 0) is 16.1 Å². The number of carbonyl (C=O) groups excluding carboxylic acids is 2. The molecular weight excluding hydrogens is 474 g/mol. The molecule has 1 aromatic carbocycles. The maximum absolute atomic E-state index is 12.5. The van der Waals surface area contributed by atoms with E-state index in [-0.39, 0.29) is 24.4 Å². The molecule has 0 saturated heterocycles. The van der Waals surface area contributed by atoms with Crippen LogP contribution in [-0.4, -0.2) is 44.0 Å². The second kappa shape index (κ2) is 11.5. The van der Waals surface area contributed by atoms with Crippen molar-refractivity contribution in [2.24, 2.45) is 0 Å². The second-order valence-electron chi connectivity index (χ2n) is 7.58. The molecule has 0 spiro atoms. The van der Waals surface area contributed by atoms with E-state index in [9.17, 15) is 9.59 Å². The predicted octanol–water partition coefficient (Wildman–Crippen LogP) is 4.73. The quantitative estimate of drug-likeness (QED) is 0.313. The number of nitrogens with zero attached hydrogens (tertiary/aromatic N) is 4. The van der Waals surface area contributed by atoms with Crippen LogP contribution >= 0.6 is 23.1 Å². The Morgan fingerprint density at radius 1 is 1.18 bits per heavy atom. The van der Waals surface area contributed by atoms with Gasteiger partial charge in [-0.3, -0.25) is 4.79 Å². The molecule has 3 aromatic rings. The van der Waals surface area contributed by atoms with Crippen molar-refractivity contribution >= 4 is 40.1 Å². The van der Waals surface area contributed by atoms with Gasteiger partial charge in [0.05, 0.1) is 18.1 Å². The van der Waals surface area contributed by atoms with Crippen LogP contribution in [0.2, 0.25) is 0 Å². The number of amides is 1. The molecule has 1 N–H and O–H groups in total. The van der Waals surface area contributed by atoms with Crippen molar-refractivity contribution in [1.82, 2.24) is 19.7 Å². The Morgan fingerprint density at radius 2 is 1.94 bits per heavy atom. The van der Waals surface area contributed by atoms with Crippen LogP contribution in [0.25, 0.3) is 0 Å². The van der Waals surface area contributed by atoms with Crippen LogP contribution in [0.4, 0.5) is 5.13 Å². The van der Waals surface area contributed by atoms with E-state index in [2.05, 4.69) is 27.4 Å². The Bertz CT molecular complexity index is 1170. The number of aromatic nitrogens is 4. The zero-order chi connectivity index (χ0) is 24.8. The molecule has 2 aromatic heterocycles. The smallest absolute Gasteiger partial charge is 0.350 e. The summed E-state index contributed by atoms with van der Waals surface area (Å²) in [4.78, 5) is 29.1. The zero-order valence-electron chi connectivity index (χ0n) is 20.2. The summed E-state index contributed by atoms with van der Waals surface area (Å²) in [7, 11) is 0. The highest BCUT2D eigenvalue weighted by Gasteiger charge is 2.21. The minimum Gasteiger partial charge on any atom is -0.483 e. The lowest BCUT2D eigenvalue weighted by molar-refractivity contribution is -0.113. The highest BCUT2D eigenvalue weighted by molar-refractivity contribution is 7.99. The van der Waals surface area contributed by atoms with Gasteiger partial charge in [-0.15, -0.1) is 10.2 Å². The average Bonchev–Trinajstić information content (AvgIpc) is 3.37. The first-order chi connectivity index (χ1) is 16.2. The number of hydrogen-bond acceptors (Lipinski definition) is 9. The first kappa shape index (κ1) is 25.7. The van der Waals surface area contributed by atoms with Crippen LogP contribution in [0, 0.1) is 20.8 Å².